The van der Waals surface area contributed by atoms with Gasteiger partial charge in [-0.15, -0.1) is 0 Å². The third kappa shape index (κ3) is 2.97. The Morgan fingerprint density at radius 2 is 1.41 bits per heavy atom. The molecule has 3 aromatic rings. The molecular formula is C18H16N2O2. The van der Waals surface area contributed by atoms with E-state index in [9.17, 15) is 0 Å². The molecule has 4 heteroatoms. The molecule has 2 aromatic carbocycles. The van der Waals surface area contributed by atoms with Gasteiger partial charge in [-0.1, -0.05) is 24.3 Å². The molecule has 0 bridgehead atoms. The molecule has 0 fully saturated rings. The van der Waals surface area contributed by atoms with Crippen molar-refractivity contribution in [1.82, 2.24) is 9.97 Å². The van der Waals surface area contributed by atoms with Gasteiger partial charge in [0, 0.05) is 11.1 Å². The summed E-state index contributed by atoms with van der Waals surface area (Å²) in [5.74, 6) is 0.817. The van der Waals surface area contributed by atoms with E-state index in [0.29, 0.717) is 0 Å². The molecule has 0 amide bonds. The minimum Gasteiger partial charge on any atom is -0.497 e. The maximum absolute atomic E-state index is 9.10. The van der Waals surface area contributed by atoms with Crippen LogP contribution in [0.25, 0.3) is 22.5 Å². The predicted molar refractivity (Wildman–Crippen MR) is 85.4 cm³/mol. The normalized spacial score (nSPS) is 10.5. The van der Waals surface area contributed by atoms with Crippen molar-refractivity contribution in [2.75, 3.05) is 7.11 Å². The molecule has 1 heterocycles. The Hall–Kier alpha value is -2.72. The average molecular weight is 292 g/mol. The second-order valence-corrected chi connectivity index (χ2v) is 4.87. The van der Waals surface area contributed by atoms with Crippen LogP contribution in [0.15, 0.2) is 60.9 Å². The van der Waals surface area contributed by atoms with E-state index in [0.717, 1.165) is 33.8 Å². The largest absolute Gasteiger partial charge is 0.497 e. The Balaban J connectivity index is 1.93. The third-order valence-electron chi connectivity index (χ3n) is 3.49. The summed E-state index contributed by atoms with van der Waals surface area (Å²) in [5.41, 5.74) is 4.60. The highest BCUT2D eigenvalue weighted by Crippen LogP contribution is 2.24. The number of methoxy groups -OCH3 is 1. The van der Waals surface area contributed by atoms with Crippen molar-refractivity contribution in [3.05, 3.63) is 66.5 Å². The quantitative estimate of drug-likeness (QED) is 0.801. The Morgan fingerprint density at radius 3 is 1.91 bits per heavy atom. The molecule has 0 aliphatic carbocycles. The molecule has 110 valence electrons. The molecule has 4 nitrogen and oxygen atoms in total. The van der Waals surface area contributed by atoms with Crippen LogP contribution in [-0.4, -0.2) is 22.2 Å². The van der Waals surface area contributed by atoms with E-state index in [1.165, 1.54) is 0 Å². The fraction of sp³-hybridized carbons (Fsp3) is 0.111. The zero-order chi connectivity index (χ0) is 15.4. The van der Waals surface area contributed by atoms with Gasteiger partial charge in [-0.3, -0.25) is 0 Å². The second kappa shape index (κ2) is 6.37. The SMILES string of the molecule is COc1ccc(-c2cc(-c3ccc(CO)cc3)ncn2)cc1. The average Bonchev–Trinajstić information content (AvgIpc) is 2.62. The Kier molecular flexibility index (Phi) is 4.12. The molecule has 0 saturated heterocycles. The molecule has 0 aliphatic rings. The molecule has 0 radical (unpaired) electrons. The number of benzene rings is 2. The topological polar surface area (TPSA) is 55.2 Å². The lowest BCUT2D eigenvalue weighted by molar-refractivity contribution is 0.282. The highest BCUT2D eigenvalue weighted by atomic mass is 16.5. The summed E-state index contributed by atoms with van der Waals surface area (Å²) >= 11 is 0. The minimum absolute atomic E-state index is 0.0428. The van der Waals surface area contributed by atoms with Crippen LogP contribution < -0.4 is 4.74 Å². The van der Waals surface area contributed by atoms with Gasteiger partial charge in [-0.2, -0.15) is 0 Å². The van der Waals surface area contributed by atoms with Crippen LogP contribution in [0.5, 0.6) is 5.75 Å². The van der Waals surface area contributed by atoms with Crippen LogP contribution in [-0.2, 0) is 6.61 Å². The van der Waals surface area contributed by atoms with Gasteiger partial charge in [0.15, 0.2) is 0 Å². The smallest absolute Gasteiger partial charge is 0.118 e. The van der Waals surface area contributed by atoms with Crippen LogP contribution >= 0.6 is 0 Å². The number of aliphatic hydroxyl groups is 1. The molecule has 3 rings (SSSR count). The zero-order valence-electron chi connectivity index (χ0n) is 12.2. The minimum atomic E-state index is 0.0428. The summed E-state index contributed by atoms with van der Waals surface area (Å²) in [6, 6.07) is 17.4. The van der Waals surface area contributed by atoms with Crippen molar-refractivity contribution in [3.8, 4) is 28.3 Å². The van der Waals surface area contributed by atoms with Crippen molar-refractivity contribution in [3.63, 3.8) is 0 Å². The van der Waals surface area contributed by atoms with E-state index in [1.54, 1.807) is 13.4 Å². The van der Waals surface area contributed by atoms with Gasteiger partial charge in [0.1, 0.15) is 12.1 Å². The van der Waals surface area contributed by atoms with Crippen LogP contribution in [0.1, 0.15) is 5.56 Å². The fourth-order valence-corrected chi connectivity index (χ4v) is 2.22. The molecule has 0 unspecified atom stereocenters. The van der Waals surface area contributed by atoms with Crippen molar-refractivity contribution in [1.29, 1.82) is 0 Å². The van der Waals surface area contributed by atoms with Crippen LogP contribution in [0.2, 0.25) is 0 Å². The highest BCUT2D eigenvalue weighted by Gasteiger charge is 2.05. The van der Waals surface area contributed by atoms with Gasteiger partial charge in [0.05, 0.1) is 25.1 Å². The van der Waals surface area contributed by atoms with Gasteiger partial charge in [0.25, 0.3) is 0 Å². The van der Waals surface area contributed by atoms with Crippen molar-refractivity contribution >= 4 is 0 Å². The van der Waals surface area contributed by atoms with E-state index in [-0.39, 0.29) is 6.61 Å². The maximum Gasteiger partial charge on any atom is 0.118 e. The van der Waals surface area contributed by atoms with Crippen molar-refractivity contribution in [2.24, 2.45) is 0 Å². The summed E-state index contributed by atoms with van der Waals surface area (Å²) in [4.78, 5) is 8.66. The number of hydrogen-bond acceptors (Lipinski definition) is 4. The van der Waals surface area contributed by atoms with Gasteiger partial charge < -0.3 is 9.84 Å². The first-order chi connectivity index (χ1) is 10.8. The summed E-state index contributed by atoms with van der Waals surface area (Å²) in [7, 11) is 1.65. The van der Waals surface area contributed by atoms with E-state index in [4.69, 9.17) is 9.84 Å². The van der Waals surface area contributed by atoms with E-state index >= 15 is 0 Å². The number of aliphatic hydroxyl groups excluding tert-OH is 1. The molecule has 1 N–H and O–H groups in total. The number of aromatic nitrogens is 2. The first-order valence-corrected chi connectivity index (χ1v) is 6.97. The lowest BCUT2D eigenvalue weighted by Gasteiger charge is -2.06. The van der Waals surface area contributed by atoms with Gasteiger partial charge in [-0.25, -0.2) is 9.97 Å². The number of hydrogen-bond donors (Lipinski definition) is 1. The fourth-order valence-electron chi connectivity index (χ4n) is 2.22. The monoisotopic (exact) mass is 292 g/mol. The van der Waals surface area contributed by atoms with Crippen molar-refractivity contribution in [2.45, 2.75) is 6.61 Å². The van der Waals surface area contributed by atoms with E-state index < -0.39 is 0 Å². The summed E-state index contributed by atoms with van der Waals surface area (Å²) < 4.78 is 5.17. The first-order valence-electron chi connectivity index (χ1n) is 6.97. The lowest BCUT2D eigenvalue weighted by atomic mass is 10.1. The molecule has 0 spiro atoms. The molecule has 0 saturated carbocycles. The van der Waals surface area contributed by atoms with Gasteiger partial charge >= 0.3 is 0 Å². The van der Waals surface area contributed by atoms with Crippen LogP contribution in [0.3, 0.4) is 0 Å². The standard InChI is InChI=1S/C18H16N2O2/c1-22-16-8-6-15(7-9-16)18-10-17(19-12-20-18)14-4-2-13(11-21)3-5-14/h2-10,12,21H,11H2,1H3. The Morgan fingerprint density at radius 1 is 0.864 bits per heavy atom. The lowest BCUT2D eigenvalue weighted by Crippen LogP contribution is -1.90. The number of nitrogens with zero attached hydrogens (tertiary/aromatic N) is 2. The second-order valence-electron chi connectivity index (χ2n) is 4.87. The highest BCUT2D eigenvalue weighted by molar-refractivity contribution is 5.67. The van der Waals surface area contributed by atoms with E-state index in [1.807, 2.05) is 54.6 Å². The maximum atomic E-state index is 9.10. The summed E-state index contributed by atoms with van der Waals surface area (Å²) in [5, 5.41) is 9.10. The van der Waals surface area contributed by atoms with Crippen LogP contribution in [0.4, 0.5) is 0 Å². The number of ether oxygens (including phenoxy) is 1. The molecule has 1 aromatic heterocycles. The predicted octanol–water partition coefficient (Wildman–Crippen LogP) is 3.31. The van der Waals surface area contributed by atoms with Gasteiger partial charge in [0.2, 0.25) is 0 Å². The summed E-state index contributed by atoms with van der Waals surface area (Å²) in [6.45, 7) is 0.0428. The van der Waals surface area contributed by atoms with Crippen LogP contribution in [0, 0.1) is 0 Å². The molecular weight excluding hydrogens is 276 g/mol. The van der Waals surface area contributed by atoms with Crippen molar-refractivity contribution < 1.29 is 9.84 Å². The van der Waals surface area contributed by atoms with E-state index in [2.05, 4.69) is 9.97 Å². The Labute approximate surface area is 129 Å². The molecule has 0 aliphatic heterocycles. The zero-order valence-corrected chi connectivity index (χ0v) is 12.2. The Bertz CT molecular complexity index is 690. The third-order valence-corrected chi connectivity index (χ3v) is 3.49. The molecule has 22 heavy (non-hydrogen) atoms. The summed E-state index contributed by atoms with van der Waals surface area (Å²) in [6.07, 6.45) is 1.56. The number of rotatable bonds is 4. The molecule has 0 atom stereocenters. The first kappa shape index (κ1) is 14.2. The van der Waals surface area contributed by atoms with Gasteiger partial charge in [-0.05, 0) is 35.9 Å².